The van der Waals surface area contributed by atoms with Crippen LogP contribution in [-0.4, -0.2) is 12.1 Å². The Morgan fingerprint density at radius 1 is 1.04 bits per heavy atom. The van der Waals surface area contributed by atoms with Gasteiger partial charge in [-0.25, -0.2) is 4.79 Å². The summed E-state index contributed by atoms with van der Waals surface area (Å²) >= 11 is 0. The third-order valence-electron chi connectivity index (χ3n) is 6.29. The molecule has 1 aromatic rings. The molecule has 0 unspecified atom stereocenters. The van der Waals surface area contributed by atoms with E-state index in [1.54, 1.807) is 0 Å². The van der Waals surface area contributed by atoms with Gasteiger partial charge in [0.05, 0.1) is 11.6 Å². The van der Waals surface area contributed by atoms with Crippen molar-refractivity contribution >= 4 is 5.97 Å². The van der Waals surface area contributed by atoms with Crippen LogP contribution in [-0.2, 0) is 4.74 Å². The predicted octanol–water partition coefficient (Wildman–Crippen LogP) is 6.00. The van der Waals surface area contributed by atoms with Crippen molar-refractivity contribution in [3.63, 3.8) is 0 Å². The summed E-state index contributed by atoms with van der Waals surface area (Å²) in [7, 11) is 0. The Bertz CT molecular complexity index is 615. The Labute approximate surface area is 157 Å². The number of rotatable bonds is 5. The molecule has 2 aliphatic rings. The Morgan fingerprint density at radius 2 is 1.69 bits per heavy atom. The number of hydrogen-bond acceptors (Lipinski definition) is 3. The minimum absolute atomic E-state index is 0.0272. The molecule has 26 heavy (non-hydrogen) atoms. The molecular formula is C23H31NO2. The van der Waals surface area contributed by atoms with Gasteiger partial charge in [0.2, 0.25) is 0 Å². The second kappa shape index (κ2) is 9.21. The van der Waals surface area contributed by atoms with Gasteiger partial charge >= 0.3 is 5.97 Å². The van der Waals surface area contributed by atoms with Crippen LogP contribution in [0.25, 0.3) is 0 Å². The maximum Gasteiger partial charge on any atom is 0.338 e. The molecule has 0 N–H and O–H groups in total. The summed E-state index contributed by atoms with van der Waals surface area (Å²) in [5.41, 5.74) is 2.02. The summed E-state index contributed by atoms with van der Waals surface area (Å²) in [6, 6.07) is 10.4. The fraction of sp³-hybridized carbons (Fsp3) is 0.652. The van der Waals surface area contributed by atoms with Gasteiger partial charge in [-0.15, -0.1) is 0 Å². The van der Waals surface area contributed by atoms with Crippen molar-refractivity contribution in [3.05, 3.63) is 35.4 Å². The first-order valence-corrected chi connectivity index (χ1v) is 10.4. The minimum Gasteiger partial charge on any atom is -0.459 e. The highest BCUT2D eigenvalue weighted by molar-refractivity contribution is 5.89. The largest absolute Gasteiger partial charge is 0.459 e. The second-order valence-corrected chi connectivity index (χ2v) is 8.14. The molecule has 0 radical (unpaired) electrons. The van der Waals surface area contributed by atoms with Gasteiger partial charge in [0, 0.05) is 5.92 Å². The van der Waals surface area contributed by atoms with E-state index in [9.17, 15) is 4.79 Å². The molecule has 3 nitrogen and oxygen atoms in total. The van der Waals surface area contributed by atoms with E-state index in [-0.39, 0.29) is 18.0 Å². The monoisotopic (exact) mass is 353 g/mol. The predicted molar refractivity (Wildman–Crippen MR) is 103 cm³/mol. The summed E-state index contributed by atoms with van der Waals surface area (Å²) in [5.74, 6) is 1.48. The minimum atomic E-state index is -0.219. The molecule has 0 aromatic heterocycles. The van der Waals surface area contributed by atoms with Crippen molar-refractivity contribution in [2.45, 2.75) is 83.2 Å². The lowest BCUT2D eigenvalue weighted by Gasteiger charge is -2.28. The van der Waals surface area contributed by atoms with E-state index < -0.39 is 0 Å². The highest BCUT2D eigenvalue weighted by atomic mass is 16.5. The van der Waals surface area contributed by atoms with Crippen molar-refractivity contribution in [2.24, 2.45) is 11.8 Å². The highest BCUT2D eigenvalue weighted by Crippen LogP contribution is 2.37. The average Bonchev–Trinajstić information content (AvgIpc) is 2.69. The van der Waals surface area contributed by atoms with Gasteiger partial charge in [0.25, 0.3) is 0 Å². The lowest BCUT2D eigenvalue weighted by Crippen LogP contribution is -2.24. The molecule has 2 aliphatic carbocycles. The zero-order chi connectivity index (χ0) is 18.4. The van der Waals surface area contributed by atoms with E-state index in [0.717, 1.165) is 31.6 Å². The first-order valence-electron chi connectivity index (χ1n) is 10.4. The smallest absolute Gasteiger partial charge is 0.338 e. The number of carbonyl (C=O) groups excluding carboxylic acids is 1. The SMILES string of the molecule is CCCC1CCC(c2ccc(C(=O)OC3CCC(C#N)CC3)cc2)CC1. The van der Waals surface area contributed by atoms with Gasteiger partial charge < -0.3 is 4.74 Å². The van der Waals surface area contributed by atoms with Gasteiger partial charge in [-0.3, -0.25) is 0 Å². The van der Waals surface area contributed by atoms with Crippen molar-refractivity contribution in [3.8, 4) is 6.07 Å². The van der Waals surface area contributed by atoms with Crippen LogP contribution >= 0.6 is 0 Å². The Morgan fingerprint density at radius 3 is 2.27 bits per heavy atom. The quantitative estimate of drug-likeness (QED) is 0.610. The number of nitriles is 1. The summed E-state index contributed by atoms with van der Waals surface area (Å²) in [5, 5.41) is 8.95. The summed E-state index contributed by atoms with van der Waals surface area (Å²) in [6.07, 6.45) is 11.2. The first kappa shape index (κ1) is 19.0. The number of benzene rings is 1. The molecule has 0 amide bonds. The van der Waals surface area contributed by atoms with Gasteiger partial charge in [-0.05, 0) is 80.9 Å². The molecule has 0 aliphatic heterocycles. The van der Waals surface area contributed by atoms with Crippen molar-refractivity contribution in [2.75, 3.05) is 0 Å². The lowest BCUT2D eigenvalue weighted by molar-refractivity contribution is 0.0187. The number of nitrogens with zero attached hydrogens (tertiary/aromatic N) is 1. The number of hydrogen-bond donors (Lipinski definition) is 0. The summed E-state index contributed by atoms with van der Waals surface area (Å²) < 4.78 is 5.65. The maximum absolute atomic E-state index is 12.4. The topological polar surface area (TPSA) is 50.1 Å². The van der Waals surface area contributed by atoms with E-state index in [1.807, 2.05) is 12.1 Å². The molecule has 0 heterocycles. The molecule has 2 saturated carbocycles. The zero-order valence-corrected chi connectivity index (χ0v) is 16.0. The number of ether oxygens (including phenoxy) is 1. The van der Waals surface area contributed by atoms with Crippen LogP contribution in [0.2, 0.25) is 0 Å². The maximum atomic E-state index is 12.4. The first-order chi connectivity index (χ1) is 12.7. The van der Waals surface area contributed by atoms with Crippen LogP contribution < -0.4 is 0 Å². The van der Waals surface area contributed by atoms with Gasteiger partial charge in [-0.1, -0.05) is 31.9 Å². The molecule has 3 rings (SSSR count). The fourth-order valence-corrected chi connectivity index (χ4v) is 4.61. The lowest BCUT2D eigenvalue weighted by atomic mass is 9.77. The molecular weight excluding hydrogens is 322 g/mol. The van der Waals surface area contributed by atoms with Crippen molar-refractivity contribution in [1.29, 1.82) is 5.26 Å². The van der Waals surface area contributed by atoms with Crippen LogP contribution in [0.3, 0.4) is 0 Å². The van der Waals surface area contributed by atoms with E-state index >= 15 is 0 Å². The molecule has 0 bridgehead atoms. The van der Waals surface area contributed by atoms with Crippen LogP contribution in [0.5, 0.6) is 0 Å². The third kappa shape index (κ3) is 4.87. The Balaban J connectivity index is 1.50. The molecule has 0 spiro atoms. The molecule has 2 fully saturated rings. The van der Waals surface area contributed by atoms with Crippen LogP contribution in [0.1, 0.15) is 93.0 Å². The molecule has 0 atom stereocenters. The molecule has 3 heteroatoms. The summed E-state index contributed by atoms with van der Waals surface area (Å²) in [4.78, 5) is 12.4. The van der Waals surface area contributed by atoms with Gasteiger partial charge in [0.1, 0.15) is 6.10 Å². The van der Waals surface area contributed by atoms with Gasteiger partial charge in [-0.2, -0.15) is 5.26 Å². The Kier molecular flexibility index (Phi) is 6.72. The van der Waals surface area contributed by atoms with E-state index in [2.05, 4.69) is 25.1 Å². The van der Waals surface area contributed by atoms with Crippen LogP contribution in [0, 0.1) is 23.2 Å². The zero-order valence-electron chi connectivity index (χ0n) is 16.0. The fourth-order valence-electron chi connectivity index (χ4n) is 4.61. The normalized spacial score (nSPS) is 28.9. The third-order valence-corrected chi connectivity index (χ3v) is 6.29. The van der Waals surface area contributed by atoms with Crippen LogP contribution in [0.15, 0.2) is 24.3 Å². The molecule has 1 aromatic carbocycles. The standard InChI is InChI=1S/C23H31NO2/c1-2-3-17-4-8-19(9-5-17)20-10-12-21(13-11-20)23(25)26-22-14-6-18(16-24)7-15-22/h10-13,17-19,22H,2-9,14-15H2,1H3. The molecule has 140 valence electrons. The van der Waals surface area contributed by atoms with E-state index in [0.29, 0.717) is 11.5 Å². The Hall–Kier alpha value is -1.82. The number of carbonyl (C=O) groups is 1. The number of esters is 1. The summed E-state index contributed by atoms with van der Waals surface area (Å²) in [6.45, 7) is 2.28. The van der Waals surface area contributed by atoms with Gasteiger partial charge in [0.15, 0.2) is 0 Å². The van der Waals surface area contributed by atoms with Crippen molar-refractivity contribution in [1.82, 2.24) is 0 Å². The average molecular weight is 354 g/mol. The van der Waals surface area contributed by atoms with Crippen molar-refractivity contribution < 1.29 is 9.53 Å². The van der Waals surface area contributed by atoms with E-state index in [4.69, 9.17) is 10.00 Å². The van der Waals surface area contributed by atoms with Crippen LogP contribution in [0.4, 0.5) is 0 Å². The second-order valence-electron chi connectivity index (χ2n) is 8.14. The van der Waals surface area contributed by atoms with E-state index in [1.165, 1.54) is 44.1 Å². The highest BCUT2D eigenvalue weighted by Gasteiger charge is 2.25. The molecule has 0 saturated heterocycles.